The van der Waals surface area contributed by atoms with Crippen LogP contribution in [0.1, 0.15) is 48.7 Å². The first-order valence-electron chi connectivity index (χ1n) is 12.3. The zero-order chi connectivity index (χ0) is 29.5. The second kappa shape index (κ2) is 12.9. The van der Waals surface area contributed by atoms with Crippen molar-refractivity contribution >= 4 is 33.0 Å². The number of halogens is 3. The Morgan fingerprint density at radius 1 is 0.975 bits per heavy atom. The van der Waals surface area contributed by atoms with Crippen LogP contribution in [-0.2, 0) is 27.1 Å². The predicted molar refractivity (Wildman–Crippen MR) is 139 cm³/mol. The Morgan fingerprint density at radius 2 is 1.62 bits per heavy atom. The van der Waals surface area contributed by atoms with Crippen molar-refractivity contribution in [1.82, 2.24) is 20.7 Å². The molecular formula is C26H30F3N4O6Si. The molecule has 0 aromatic heterocycles. The summed E-state index contributed by atoms with van der Waals surface area (Å²) in [5.41, 5.74) is 3.31. The number of carbonyl (C=O) groups excluding carboxylic acids is 4. The van der Waals surface area contributed by atoms with Crippen LogP contribution in [0.25, 0.3) is 0 Å². The van der Waals surface area contributed by atoms with E-state index in [2.05, 4.69) is 15.8 Å². The van der Waals surface area contributed by atoms with Crippen LogP contribution in [0.4, 0.5) is 22.8 Å². The number of hydrogen-bond acceptors (Lipinski definition) is 6. The van der Waals surface area contributed by atoms with Gasteiger partial charge in [0.25, 0.3) is 11.8 Å². The average molecular weight is 580 g/mol. The summed E-state index contributed by atoms with van der Waals surface area (Å²) in [5, 5.41) is 0. The molecule has 1 saturated heterocycles. The Labute approximate surface area is 230 Å². The summed E-state index contributed by atoms with van der Waals surface area (Å²) in [6.07, 6.45) is -5.78. The maximum absolute atomic E-state index is 13.0. The van der Waals surface area contributed by atoms with Crippen LogP contribution in [-0.4, -0.2) is 55.7 Å². The standard InChI is InChI=1S/C26H30F3N4O6Si/c1-25(2,3)39-24(37)33-16-40(32-23(36)38-15-17-7-5-4-6-8-17)14-13-20(33)22(35)31-30-21(34)18-9-11-19(12-10-18)26(27,28)29/h4-12,20H,13-16H2,1-3H3,(H,30,34)(H,31,35)(H,32,36)/t20-/m1/s1. The molecule has 1 radical (unpaired) electrons. The van der Waals surface area contributed by atoms with Gasteiger partial charge in [-0.05, 0) is 63.1 Å². The molecule has 3 N–H and O–H groups in total. The van der Waals surface area contributed by atoms with E-state index >= 15 is 0 Å². The Hall–Kier alpha value is -4.07. The van der Waals surface area contributed by atoms with Gasteiger partial charge >= 0.3 is 18.4 Å². The molecule has 3 rings (SSSR count). The minimum Gasteiger partial charge on any atom is -0.445 e. The fourth-order valence-electron chi connectivity index (χ4n) is 3.74. The molecule has 0 bridgehead atoms. The topological polar surface area (TPSA) is 126 Å². The van der Waals surface area contributed by atoms with E-state index < -0.39 is 56.3 Å². The summed E-state index contributed by atoms with van der Waals surface area (Å²) in [7, 11) is -1.71. The first kappa shape index (κ1) is 30.5. The number of nitrogens with zero attached hydrogens (tertiary/aromatic N) is 1. The van der Waals surface area contributed by atoms with Crippen LogP contribution in [0.2, 0.25) is 6.04 Å². The van der Waals surface area contributed by atoms with Crippen molar-refractivity contribution < 1.29 is 41.8 Å². The van der Waals surface area contributed by atoms with Crippen molar-refractivity contribution in [2.45, 2.75) is 57.7 Å². The van der Waals surface area contributed by atoms with E-state index in [9.17, 15) is 32.3 Å². The first-order chi connectivity index (χ1) is 18.7. The number of rotatable bonds is 5. The van der Waals surface area contributed by atoms with Crippen molar-refractivity contribution in [3.05, 3.63) is 71.3 Å². The van der Waals surface area contributed by atoms with Crippen LogP contribution in [0, 0.1) is 0 Å². The molecule has 14 heteroatoms. The summed E-state index contributed by atoms with van der Waals surface area (Å²) in [5.74, 6) is -1.56. The molecular weight excluding hydrogens is 549 g/mol. The van der Waals surface area contributed by atoms with E-state index in [-0.39, 0.29) is 24.8 Å². The van der Waals surface area contributed by atoms with Crippen LogP contribution >= 0.6 is 0 Å². The van der Waals surface area contributed by atoms with Crippen molar-refractivity contribution in [3.63, 3.8) is 0 Å². The van der Waals surface area contributed by atoms with Crippen molar-refractivity contribution in [1.29, 1.82) is 0 Å². The van der Waals surface area contributed by atoms with Crippen molar-refractivity contribution in [3.8, 4) is 0 Å². The fraction of sp³-hybridized carbons (Fsp3) is 0.385. The molecule has 1 atom stereocenters. The molecule has 0 saturated carbocycles. The molecule has 215 valence electrons. The third kappa shape index (κ3) is 9.00. The molecule has 40 heavy (non-hydrogen) atoms. The predicted octanol–water partition coefficient (Wildman–Crippen LogP) is 3.93. The van der Waals surface area contributed by atoms with Crippen LogP contribution in [0.5, 0.6) is 0 Å². The van der Waals surface area contributed by atoms with Gasteiger partial charge in [0, 0.05) is 11.7 Å². The van der Waals surface area contributed by atoms with E-state index in [1.165, 1.54) is 4.90 Å². The molecule has 1 aliphatic heterocycles. The number of nitrogens with one attached hydrogen (secondary N) is 3. The smallest absolute Gasteiger partial charge is 0.416 e. The molecule has 0 spiro atoms. The normalized spacial score (nSPS) is 16.1. The van der Waals surface area contributed by atoms with Crippen molar-refractivity contribution in [2.75, 3.05) is 6.17 Å². The molecule has 0 aliphatic carbocycles. The number of benzene rings is 2. The maximum Gasteiger partial charge on any atom is 0.416 e. The summed E-state index contributed by atoms with van der Waals surface area (Å²) in [6.45, 7) is 5.07. The second-order valence-electron chi connectivity index (χ2n) is 9.97. The highest BCUT2D eigenvalue weighted by Crippen LogP contribution is 2.29. The molecule has 1 heterocycles. The Bertz CT molecular complexity index is 1210. The fourth-order valence-corrected chi connectivity index (χ4v) is 5.84. The van der Waals surface area contributed by atoms with Crippen LogP contribution < -0.4 is 15.8 Å². The molecule has 10 nitrogen and oxygen atoms in total. The van der Waals surface area contributed by atoms with Crippen LogP contribution in [0.15, 0.2) is 54.6 Å². The van der Waals surface area contributed by atoms with Gasteiger partial charge < -0.3 is 14.5 Å². The second-order valence-corrected chi connectivity index (χ2v) is 12.2. The van der Waals surface area contributed by atoms with Gasteiger partial charge in [-0.15, -0.1) is 0 Å². The average Bonchev–Trinajstić information content (AvgIpc) is 2.89. The highest BCUT2D eigenvalue weighted by molar-refractivity contribution is 6.59. The van der Waals surface area contributed by atoms with Crippen LogP contribution in [0.3, 0.4) is 0 Å². The van der Waals surface area contributed by atoms with E-state index in [4.69, 9.17) is 9.47 Å². The molecule has 2 aromatic rings. The lowest BCUT2D eigenvalue weighted by atomic mass is 10.1. The molecule has 2 aromatic carbocycles. The van der Waals surface area contributed by atoms with Gasteiger partial charge in [-0.3, -0.25) is 25.3 Å². The number of amides is 4. The maximum atomic E-state index is 13.0. The van der Waals surface area contributed by atoms with Gasteiger partial charge in [-0.1, -0.05) is 30.3 Å². The van der Waals surface area contributed by atoms with Gasteiger partial charge in [0.05, 0.1) is 5.56 Å². The zero-order valence-electron chi connectivity index (χ0n) is 22.1. The van der Waals surface area contributed by atoms with Gasteiger partial charge in [-0.25, -0.2) is 9.59 Å². The third-order valence-electron chi connectivity index (χ3n) is 5.65. The Balaban J connectivity index is 1.61. The van der Waals surface area contributed by atoms with Gasteiger partial charge in [0.1, 0.15) is 18.2 Å². The summed E-state index contributed by atoms with van der Waals surface area (Å²) in [4.78, 5) is 54.6. The lowest BCUT2D eigenvalue weighted by Crippen LogP contribution is -2.62. The molecule has 1 fully saturated rings. The largest absolute Gasteiger partial charge is 0.445 e. The van der Waals surface area contributed by atoms with E-state index in [0.717, 1.165) is 29.8 Å². The quantitative estimate of drug-likeness (QED) is 0.364. The molecule has 1 aliphatic rings. The number of hydrazine groups is 1. The van der Waals surface area contributed by atoms with E-state index in [1.807, 2.05) is 30.3 Å². The molecule has 0 unspecified atom stereocenters. The SMILES string of the molecule is CC(C)(C)OC(=O)N1C[Si](NC(=O)OCc2ccccc2)CC[C@@H]1C(=O)NNC(=O)c1ccc(C(F)(F)F)cc1. The van der Waals surface area contributed by atoms with E-state index in [1.54, 1.807) is 20.8 Å². The number of hydrogen-bond donors (Lipinski definition) is 3. The van der Waals surface area contributed by atoms with Gasteiger partial charge in [-0.2, -0.15) is 13.2 Å². The van der Waals surface area contributed by atoms with Gasteiger partial charge in [0.15, 0.2) is 8.96 Å². The Kier molecular flexibility index (Phi) is 9.79. The molecule has 4 amide bonds. The summed E-state index contributed by atoms with van der Waals surface area (Å²) < 4.78 is 49.0. The zero-order valence-corrected chi connectivity index (χ0v) is 23.1. The third-order valence-corrected chi connectivity index (χ3v) is 7.83. The van der Waals surface area contributed by atoms with E-state index in [0.29, 0.717) is 6.04 Å². The van der Waals surface area contributed by atoms with Gasteiger partial charge in [0.2, 0.25) is 0 Å². The number of alkyl halides is 3. The number of carbonyl (C=O) groups is 4. The number of ether oxygens (including phenoxy) is 2. The lowest BCUT2D eigenvalue weighted by molar-refractivity contribution is -0.137. The minimum atomic E-state index is -4.55. The lowest BCUT2D eigenvalue weighted by Gasteiger charge is -2.38. The highest BCUT2D eigenvalue weighted by Gasteiger charge is 2.40. The summed E-state index contributed by atoms with van der Waals surface area (Å²) >= 11 is 0. The first-order valence-corrected chi connectivity index (χ1v) is 14.2. The monoisotopic (exact) mass is 579 g/mol. The van der Waals surface area contributed by atoms with Crippen molar-refractivity contribution in [2.24, 2.45) is 0 Å². The Morgan fingerprint density at radius 3 is 2.23 bits per heavy atom. The summed E-state index contributed by atoms with van der Waals surface area (Å²) in [6, 6.07) is 12.0. The minimum absolute atomic E-state index is 0.0327. The highest BCUT2D eigenvalue weighted by atomic mass is 28.3.